The standard InChI is InChI=1S/C21H34N2O2/c1-4-8-18(2)15-21(24)23(17-20-9-6-5-7-10-20)19(3)16-22-11-13-25-14-12-22/h5-7,9-10,18-19H,4,8,11-17H2,1-3H3. The minimum Gasteiger partial charge on any atom is -0.379 e. The second kappa shape index (κ2) is 10.6. The van der Waals surface area contributed by atoms with Gasteiger partial charge < -0.3 is 9.64 Å². The van der Waals surface area contributed by atoms with Gasteiger partial charge in [0.2, 0.25) is 5.91 Å². The molecule has 140 valence electrons. The summed E-state index contributed by atoms with van der Waals surface area (Å²) in [6.07, 6.45) is 2.90. The smallest absolute Gasteiger partial charge is 0.223 e. The number of hydrogen-bond acceptors (Lipinski definition) is 3. The number of amides is 1. The summed E-state index contributed by atoms with van der Waals surface area (Å²) in [7, 11) is 0. The summed E-state index contributed by atoms with van der Waals surface area (Å²) in [5.41, 5.74) is 1.20. The molecule has 1 heterocycles. The first kappa shape index (κ1) is 19.9. The van der Waals surface area contributed by atoms with Gasteiger partial charge in [0.05, 0.1) is 13.2 Å². The van der Waals surface area contributed by atoms with E-state index in [9.17, 15) is 4.79 Å². The molecule has 25 heavy (non-hydrogen) atoms. The van der Waals surface area contributed by atoms with Crippen molar-refractivity contribution >= 4 is 5.91 Å². The molecule has 1 aliphatic heterocycles. The number of rotatable bonds is 9. The van der Waals surface area contributed by atoms with E-state index in [4.69, 9.17) is 4.74 Å². The molecular formula is C21H34N2O2. The Morgan fingerprint density at radius 1 is 1.20 bits per heavy atom. The zero-order valence-corrected chi connectivity index (χ0v) is 16.1. The molecule has 2 rings (SSSR count). The van der Waals surface area contributed by atoms with Crippen LogP contribution in [0.15, 0.2) is 30.3 Å². The Labute approximate surface area is 153 Å². The summed E-state index contributed by atoms with van der Waals surface area (Å²) in [6.45, 7) is 11.7. The van der Waals surface area contributed by atoms with E-state index in [-0.39, 0.29) is 11.9 Å². The number of nitrogens with zero attached hydrogens (tertiary/aromatic N) is 2. The van der Waals surface area contributed by atoms with Gasteiger partial charge in [0.25, 0.3) is 0 Å². The second-order valence-corrected chi connectivity index (χ2v) is 7.37. The lowest BCUT2D eigenvalue weighted by Gasteiger charge is -2.35. The van der Waals surface area contributed by atoms with Crippen LogP contribution in [0.4, 0.5) is 0 Å². The Hall–Kier alpha value is -1.39. The Morgan fingerprint density at radius 2 is 1.88 bits per heavy atom. The molecule has 1 fully saturated rings. The fourth-order valence-corrected chi connectivity index (χ4v) is 3.54. The van der Waals surface area contributed by atoms with Gasteiger partial charge in [-0.3, -0.25) is 9.69 Å². The molecule has 0 aliphatic carbocycles. The van der Waals surface area contributed by atoms with Gasteiger partial charge in [0.15, 0.2) is 0 Å². The maximum absolute atomic E-state index is 13.0. The van der Waals surface area contributed by atoms with Crippen molar-refractivity contribution in [2.24, 2.45) is 5.92 Å². The molecular weight excluding hydrogens is 312 g/mol. The zero-order valence-electron chi connectivity index (χ0n) is 16.1. The fourth-order valence-electron chi connectivity index (χ4n) is 3.54. The van der Waals surface area contributed by atoms with Gasteiger partial charge in [-0.25, -0.2) is 0 Å². The molecule has 4 heteroatoms. The van der Waals surface area contributed by atoms with Gasteiger partial charge in [-0.15, -0.1) is 0 Å². The summed E-state index contributed by atoms with van der Waals surface area (Å²) < 4.78 is 5.44. The third kappa shape index (κ3) is 6.79. The van der Waals surface area contributed by atoms with E-state index in [2.05, 4.69) is 42.7 Å². The van der Waals surface area contributed by atoms with E-state index < -0.39 is 0 Å². The van der Waals surface area contributed by atoms with E-state index in [1.807, 2.05) is 18.2 Å². The number of carbonyl (C=O) groups excluding carboxylic acids is 1. The molecule has 0 aromatic heterocycles. The highest BCUT2D eigenvalue weighted by molar-refractivity contribution is 5.76. The number of hydrogen-bond donors (Lipinski definition) is 0. The molecule has 2 unspecified atom stereocenters. The SMILES string of the molecule is CCCC(C)CC(=O)N(Cc1ccccc1)C(C)CN1CCOCC1. The summed E-state index contributed by atoms with van der Waals surface area (Å²) in [4.78, 5) is 17.5. The molecule has 0 spiro atoms. The van der Waals surface area contributed by atoms with E-state index >= 15 is 0 Å². The average molecular weight is 347 g/mol. The van der Waals surface area contributed by atoms with Crippen LogP contribution in [0.5, 0.6) is 0 Å². The first-order chi connectivity index (χ1) is 12.1. The molecule has 1 saturated heterocycles. The highest BCUT2D eigenvalue weighted by atomic mass is 16.5. The van der Waals surface area contributed by atoms with E-state index in [0.717, 1.165) is 45.7 Å². The van der Waals surface area contributed by atoms with Gasteiger partial charge in [-0.2, -0.15) is 0 Å². The lowest BCUT2D eigenvalue weighted by molar-refractivity contribution is -0.135. The quantitative estimate of drug-likeness (QED) is 0.685. The van der Waals surface area contributed by atoms with Crippen LogP contribution in [0.3, 0.4) is 0 Å². The van der Waals surface area contributed by atoms with Crippen molar-refractivity contribution in [3.8, 4) is 0 Å². The normalized spacial score (nSPS) is 17.9. The topological polar surface area (TPSA) is 32.8 Å². The van der Waals surface area contributed by atoms with Crippen LogP contribution in [0.2, 0.25) is 0 Å². The van der Waals surface area contributed by atoms with Crippen molar-refractivity contribution in [3.63, 3.8) is 0 Å². The van der Waals surface area contributed by atoms with Gasteiger partial charge in [-0.05, 0) is 18.4 Å². The van der Waals surface area contributed by atoms with E-state index in [1.165, 1.54) is 5.56 Å². The van der Waals surface area contributed by atoms with Gasteiger partial charge >= 0.3 is 0 Å². The molecule has 1 aromatic rings. The van der Waals surface area contributed by atoms with Gasteiger partial charge in [-0.1, -0.05) is 57.0 Å². The number of benzene rings is 1. The predicted octanol–water partition coefficient (Wildman–Crippen LogP) is 3.56. The lowest BCUT2D eigenvalue weighted by Crippen LogP contribution is -2.48. The first-order valence-electron chi connectivity index (χ1n) is 9.73. The molecule has 4 nitrogen and oxygen atoms in total. The molecule has 0 bridgehead atoms. The monoisotopic (exact) mass is 346 g/mol. The van der Waals surface area contributed by atoms with Crippen LogP contribution in [0.25, 0.3) is 0 Å². The maximum Gasteiger partial charge on any atom is 0.223 e. The Morgan fingerprint density at radius 3 is 2.52 bits per heavy atom. The minimum absolute atomic E-state index is 0.208. The van der Waals surface area contributed by atoms with Gasteiger partial charge in [0.1, 0.15) is 0 Å². The van der Waals surface area contributed by atoms with Crippen LogP contribution in [-0.2, 0) is 16.1 Å². The molecule has 1 amide bonds. The van der Waals surface area contributed by atoms with Crippen molar-refractivity contribution in [2.75, 3.05) is 32.8 Å². The predicted molar refractivity (Wildman–Crippen MR) is 102 cm³/mol. The molecule has 2 atom stereocenters. The highest BCUT2D eigenvalue weighted by Crippen LogP contribution is 2.17. The second-order valence-electron chi connectivity index (χ2n) is 7.37. The molecule has 0 N–H and O–H groups in total. The third-order valence-corrected chi connectivity index (χ3v) is 4.98. The number of carbonyl (C=O) groups is 1. The van der Waals surface area contributed by atoms with Crippen LogP contribution < -0.4 is 0 Å². The maximum atomic E-state index is 13.0. The van der Waals surface area contributed by atoms with Crippen molar-refractivity contribution < 1.29 is 9.53 Å². The van der Waals surface area contributed by atoms with Crippen molar-refractivity contribution in [2.45, 2.75) is 52.6 Å². The van der Waals surface area contributed by atoms with E-state index in [0.29, 0.717) is 18.9 Å². The van der Waals surface area contributed by atoms with Crippen molar-refractivity contribution in [1.82, 2.24) is 9.80 Å². The van der Waals surface area contributed by atoms with Crippen LogP contribution in [0.1, 0.15) is 45.6 Å². The molecule has 1 aromatic carbocycles. The van der Waals surface area contributed by atoms with Crippen LogP contribution in [-0.4, -0.2) is 54.6 Å². The Kier molecular flexibility index (Phi) is 8.42. The number of ether oxygens (including phenoxy) is 1. The van der Waals surface area contributed by atoms with Crippen LogP contribution >= 0.6 is 0 Å². The Balaban J connectivity index is 2.02. The van der Waals surface area contributed by atoms with Gasteiger partial charge in [0, 0.05) is 38.6 Å². The highest BCUT2D eigenvalue weighted by Gasteiger charge is 2.24. The third-order valence-electron chi connectivity index (χ3n) is 4.98. The van der Waals surface area contributed by atoms with Crippen LogP contribution in [0, 0.1) is 5.92 Å². The zero-order chi connectivity index (χ0) is 18.1. The summed E-state index contributed by atoms with van der Waals surface area (Å²) in [6, 6.07) is 10.5. The average Bonchev–Trinajstić information content (AvgIpc) is 2.61. The summed E-state index contributed by atoms with van der Waals surface area (Å²) in [5.74, 6) is 0.733. The Bertz CT molecular complexity index is 500. The minimum atomic E-state index is 0.208. The molecule has 0 radical (unpaired) electrons. The number of morpholine rings is 1. The van der Waals surface area contributed by atoms with Crippen molar-refractivity contribution in [3.05, 3.63) is 35.9 Å². The summed E-state index contributed by atoms with van der Waals surface area (Å²) in [5, 5.41) is 0. The van der Waals surface area contributed by atoms with E-state index in [1.54, 1.807) is 0 Å². The molecule has 0 saturated carbocycles. The lowest BCUT2D eigenvalue weighted by atomic mass is 10.0. The van der Waals surface area contributed by atoms with Crippen molar-refractivity contribution in [1.29, 1.82) is 0 Å². The first-order valence-corrected chi connectivity index (χ1v) is 9.73. The largest absolute Gasteiger partial charge is 0.379 e. The fraction of sp³-hybridized carbons (Fsp3) is 0.667. The summed E-state index contributed by atoms with van der Waals surface area (Å²) >= 11 is 0. The molecule has 1 aliphatic rings.